The number of unbranched alkanes of at least 4 members (excludes halogenated alkanes) is 12. The van der Waals surface area contributed by atoms with Crippen LogP contribution in [0.3, 0.4) is 0 Å². The van der Waals surface area contributed by atoms with E-state index in [1.54, 1.807) is 16.7 Å². The molecule has 1 rings (SSSR count). The Bertz CT molecular complexity index is 427. The summed E-state index contributed by atoms with van der Waals surface area (Å²) < 4.78 is 5.95. The van der Waals surface area contributed by atoms with Crippen molar-refractivity contribution in [2.24, 2.45) is 0 Å². The monoisotopic (exact) mass is 413 g/mol. The first kappa shape index (κ1) is 24.5. The van der Waals surface area contributed by atoms with E-state index in [1.165, 1.54) is 77.0 Å². The van der Waals surface area contributed by atoms with E-state index in [9.17, 15) is 4.79 Å². The molecule has 1 saturated heterocycles. The summed E-state index contributed by atoms with van der Waals surface area (Å²) >= 11 is 6.67. The number of carbonyl (C=O) groups is 1. The Balaban J connectivity index is 1.78. The molecule has 0 N–H and O–H groups in total. The molecule has 0 atom stereocenters. The molecule has 0 aromatic carbocycles. The van der Waals surface area contributed by atoms with Crippen molar-refractivity contribution in [2.45, 2.75) is 96.8 Å². The van der Waals surface area contributed by atoms with Crippen LogP contribution >= 0.6 is 24.0 Å². The van der Waals surface area contributed by atoms with Crippen molar-refractivity contribution in [3.05, 3.63) is 12.2 Å². The lowest BCUT2D eigenvalue weighted by molar-refractivity contribution is 0.124. The van der Waals surface area contributed by atoms with Crippen LogP contribution in [0.25, 0.3) is 0 Å². The first-order chi connectivity index (χ1) is 13.3. The lowest BCUT2D eigenvalue weighted by Crippen LogP contribution is -2.31. The van der Waals surface area contributed by atoms with E-state index in [4.69, 9.17) is 17.0 Å². The highest BCUT2D eigenvalue weighted by Gasteiger charge is 2.24. The number of allylic oxidation sites excluding steroid dienone is 2. The summed E-state index contributed by atoms with van der Waals surface area (Å²) in [6.45, 7) is 3.48. The van der Waals surface area contributed by atoms with Crippen LogP contribution in [0.2, 0.25) is 0 Å². The molecule has 0 saturated carbocycles. The average Bonchev–Trinajstić information content (AvgIpc) is 3.10. The van der Waals surface area contributed by atoms with E-state index >= 15 is 0 Å². The number of nitrogens with zero attached hydrogens (tertiary/aromatic N) is 1. The van der Waals surface area contributed by atoms with Gasteiger partial charge in [-0.15, -0.1) is 0 Å². The van der Waals surface area contributed by atoms with Gasteiger partial charge in [0.25, 0.3) is 0 Å². The maximum Gasteiger partial charge on any atom is 0.415 e. The maximum atomic E-state index is 11.8. The van der Waals surface area contributed by atoms with Crippen molar-refractivity contribution in [3.8, 4) is 0 Å². The molecule has 1 aliphatic rings. The molecule has 3 nitrogen and oxygen atoms in total. The van der Waals surface area contributed by atoms with Crippen LogP contribution in [-0.2, 0) is 4.74 Å². The molecule has 156 valence electrons. The lowest BCUT2D eigenvalue weighted by Gasteiger charge is -2.14. The van der Waals surface area contributed by atoms with Gasteiger partial charge in [-0.1, -0.05) is 101 Å². The fourth-order valence-electron chi connectivity index (χ4n) is 3.15. The minimum atomic E-state index is -0.266. The van der Waals surface area contributed by atoms with Crippen LogP contribution in [0.15, 0.2) is 12.2 Å². The fraction of sp³-hybridized carbons (Fsp3) is 0.818. The van der Waals surface area contributed by atoms with Crippen LogP contribution in [0, 0.1) is 0 Å². The topological polar surface area (TPSA) is 29.5 Å². The molecule has 1 fully saturated rings. The first-order valence-corrected chi connectivity index (χ1v) is 12.4. The standard InChI is InChI=1S/C22H39NO2S2/c1-2-3-4-5-6-7-8-9-10-11-12-13-14-15-16-17-19-25-21(24)23-18-20-27-22(23)26/h9-10H,2-8,11-20H2,1H3/b10-9-. The Morgan fingerprint density at radius 3 is 2.07 bits per heavy atom. The summed E-state index contributed by atoms with van der Waals surface area (Å²) in [7, 11) is 0. The minimum Gasteiger partial charge on any atom is -0.449 e. The molecule has 0 bridgehead atoms. The highest BCUT2D eigenvalue weighted by Crippen LogP contribution is 2.18. The van der Waals surface area contributed by atoms with E-state index in [1.807, 2.05) is 0 Å². The summed E-state index contributed by atoms with van der Waals surface area (Å²) in [6, 6.07) is 0. The number of ether oxygens (including phenoxy) is 1. The fourth-order valence-corrected chi connectivity index (χ4v) is 4.33. The van der Waals surface area contributed by atoms with Crippen molar-refractivity contribution >= 4 is 34.4 Å². The van der Waals surface area contributed by atoms with Crippen molar-refractivity contribution in [1.82, 2.24) is 4.90 Å². The van der Waals surface area contributed by atoms with Crippen molar-refractivity contribution < 1.29 is 9.53 Å². The van der Waals surface area contributed by atoms with Gasteiger partial charge >= 0.3 is 6.09 Å². The van der Waals surface area contributed by atoms with E-state index in [-0.39, 0.29) is 6.09 Å². The summed E-state index contributed by atoms with van der Waals surface area (Å²) in [4.78, 5) is 13.4. The second-order valence-electron chi connectivity index (χ2n) is 7.32. The van der Waals surface area contributed by atoms with Gasteiger partial charge in [-0.25, -0.2) is 4.79 Å². The van der Waals surface area contributed by atoms with Gasteiger partial charge in [0.05, 0.1) is 6.61 Å². The van der Waals surface area contributed by atoms with Gasteiger partial charge < -0.3 is 4.74 Å². The lowest BCUT2D eigenvalue weighted by atomic mass is 10.1. The van der Waals surface area contributed by atoms with Crippen molar-refractivity contribution in [2.75, 3.05) is 18.9 Å². The largest absolute Gasteiger partial charge is 0.449 e. The predicted octanol–water partition coefficient (Wildman–Crippen LogP) is 7.49. The summed E-state index contributed by atoms with van der Waals surface area (Å²) in [6.07, 6.45) is 22.5. The normalized spacial score (nSPS) is 14.4. The zero-order valence-corrected chi connectivity index (χ0v) is 18.9. The molecule has 5 heteroatoms. The predicted molar refractivity (Wildman–Crippen MR) is 123 cm³/mol. The van der Waals surface area contributed by atoms with Gasteiger partial charge in [-0.3, -0.25) is 4.90 Å². The number of thioether (sulfide) groups is 1. The van der Waals surface area contributed by atoms with Crippen LogP contribution in [-0.4, -0.2) is 34.2 Å². The van der Waals surface area contributed by atoms with E-state index < -0.39 is 0 Å². The van der Waals surface area contributed by atoms with Gasteiger partial charge in [0.15, 0.2) is 0 Å². The highest BCUT2D eigenvalue weighted by molar-refractivity contribution is 8.23. The smallest absolute Gasteiger partial charge is 0.415 e. The number of rotatable bonds is 16. The van der Waals surface area contributed by atoms with Gasteiger partial charge in [0.2, 0.25) is 0 Å². The third-order valence-corrected chi connectivity index (χ3v) is 6.29. The number of thiocarbonyl (C=S) groups is 1. The number of hydrogen-bond acceptors (Lipinski definition) is 4. The van der Waals surface area contributed by atoms with Crippen LogP contribution in [0.5, 0.6) is 0 Å². The molecule has 1 heterocycles. The zero-order chi connectivity index (χ0) is 19.6. The summed E-state index contributed by atoms with van der Waals surface area (Å²) in [5, 5.41) is 0. The Labute approximate surface area is 176 Å². The first-order valence-electron chi connectivity index (χ1n) is 11.0. The molecule has 0 aliphatic carbocycles. The third kappa shape index (κ3) is 13.3. The number of amides is 1. The molecule has 1 aliphatic heterocycles. The van der Waals surface area contributed by atoms with Crippen LogP contribution in [0.4, 0.5) is 4.79 Å². The molecule has 0 radical (unpaired) electrons. The molecule has 1 amide bonds. The van der Waals surface area contributed by atoms with Crippen LogP contribution in [0.1, 0.15) is 96.8 Å². The quantitative estimate of drug-likeness (QED) is 0.149. The molecule has 0 aromatic rings. The molecular weight excluding hydrogens is 374 g/mol. The molecular formula is C22H39NO2S2. The average molecular weight is 414 g/mol. The van der Waals surface area contributed by atoms with Gasteiger partial charge in [0, 0.05) is 12.3 Å². The van der Waals surface area contributed by atoms with Crippen molar-refractivity contribution in [3.63, 3.8) is 0 Å². The summed E-state index contributed by atoms with van der Waals surface area (Å²) in [5.74, 6) is 0.891. The second kappa shape index (κ2) is 17.5. The SMILES string of the molecule is CCCCCCCC/C=C\CCCCCCCCOC(=O)N1CCSC1=S. The van der Waals surface area contributed by atoms with Gasteiger partial charge in [0.1, 0.15) is 4.32 Å². The van der Waals surface area contributed by atoms with Gasteiger partial charge in [-0.05, 0) is 32.1 Å². The minimum absolute atomic E-state index is 0.266. The molecule has 0 spiro atoms. The van der Waals surface area contributed by atoms with E-state index in [2.05, 4.69) is 19.1 Å². The van der Waals surface area contributed by atoms with Gasteiger partial charge in [-0.2, -0.15) is 0 Å². The van der Waals surface area contributed by atoms with Crippen LogP contribution < -0.4 is 0 Å². The Morgan fingerprint density at radius 2 is 1.52 bits per heavy atom. The zero-order valence-electron chi connectivity index (χ0n) is 17.3. The van der Waals surface area contributed by atoms with E-state index in [0.717, 1.165) is 18.6 Å². The number of carbonyl (C=O) groups excluding carboxylic acids is 1. The third-order valence-electron chi connectivity index (χ3n) is 4.86. The number of hydrogen-bond donors (Lipinski definition) is 0. The van der Waals surface area contributed by atoms with E-state index in [0.29, 0.717) is 17.5 Å². The molecule has 0 unspecified atom stereocenters. The Kier molecular flexibility index (Phi) is 15.9. The Morgan fingerprint density at radius 1 is 0.963 bits per heavy atom. The molecule has 27 heavy (non-hydrogen) atoms. The highest BCUT2D eigenvalue weighted by atomic mass is 32.2. The maximum absolute atomic E-state index is 11.8. The Hall–Kier alpha value is -0.550. The second-order valence-corrected chi connectivity index (χ2v) is 9.05. The molecule has 0 aromatic heterocycles. The van der Waals surface area contributed by atoms with Crippen molar-refractivity contribution in [1.29, 1.82) is 0 Å². The summed E-state index contributed by atoms with van der Waals surface area (Å²) in [5.41, 5.74) is 0.